The SMILES string of the molecule is N#Cc1ccc(-c2ccc(CC(C#N)NC(=O)C3CC(F)CN3)cc2)cc1. The molecule has 1 heterocycles. The maximum absolute atomic E-state index is 13.2. The molecule has 2 aromatic carbocycles. The highest BCUT2D eigenvalue weighted by Gasteiger charge is 2.30. The molecule has 1 fully saturated rings. The molecule has 0 radical (unpaired) electrons. The van der Waals surface area contributed by atoms with Crippen LogP contribution >= 0.6 is 0 Å². The van der Waals surface area contributed by atoms with E-state index in [1.54, 1.807) is 12.1 Å². The zero-order valence-electron chi connectivity index (χ0n) is 14.7. The van der Waals surface area contributed by atoms with Gasteiger partial charge in [-0.25, -0.2) is 4.39 Å². The van der Waals surface area contributed by atoms with Gasteiger partial charge in [-0.1, -0.05) is 36.4 Å². The number of amides is 1. The third-order valence-electron chi connectivity index (χ3n) is 4.61. The number of nitrogens with one attached hydrogen (secondary N) is 2. The molecule has 1 aliphatic heterocycles. The average molecular weight is 362 g/mol. The molecule has 5 nitrogen and oxygen atoms in total. The highest BCUT2D eigenvalue weighted by molar-refractivity contribution is 5.82. The minimum absolute atomic E-state index is 0.142. The largest absolute Gasteiger partial charge is 0.339 e. The predicted octanol–water partition coefficient (Wildman–Crippen LogP) is 2.48. The lowest BCUT2D eigenvalue weighted by Gasteiger charge is -2.15. The summed E-state index contributed by atoms with van der Waals surface area (Å²) in [5.41, 5.74) is 3.53. The molecule has 27 heavy (non-hydrogen) atoms. The van der Waals surface area contributed by atoms with Crippen molar-refractivity contribution < 1.29 is 9.18 Å². The summed E-state index contributed by atoms with van der Waals surface area (Å²) in [7, 11) is 0. The number of nitrogens with zero attached hydrogens (tertiary/aromatic N) is 2. The van der Waals surface area contributed by atoms with Crippen molar-refractivity contribution in [1.29, 1.82) is 10.5 Å². The van der Waals surface area contributed by atoms with Gasteiger partial charge in [-0.15, -0.1) is 0 Å². The van der Waals surface area contributed by atoms with Gasteiger partial charge in [0.25, 0.3) is 0 Å². The lowest BCUT2D eigenvalue weighted by molar-refractivity contribution is -0.123. The van der Waals surface area contributed by atoms with Crippen LogP contribution in [-0.4, -0.2) is 30.7 Å². The molecule has 6 heteroatoms. The Bertz CT molecular complexity index is 880. The fourth-order valence-corrected chi connectivity index (χ4v) is 3.10. The number of alkyl halides is 1. The summed E-state index contributed by atoms with van der Waals surface area (Å²) < 4.78 is 13.2. The van der Waals surface area contributed by atoms with E-state index in [0.717, 1.165) is 16.7 Å². The van der Waals surface area contributed by atoms with Gasteiger partial charge in [0, 0.05) is 19.4 Å². The van der Waals surface area contributed by atoms with Crippen LogP contribution in [0.5, 0.6) is 0 Å². The highest BCUT2D eigenvalue weighted by Crippen LogP contribution is 2.21. The van der Waals surface area contributed by atoms with Crippen molar-refractivity contribution in [2.45, 2.75) is 31.1 Å². The number of benzene rings is 2. The van der Waals surface area contributed by atoms with Crippen molar-refractivity contribution >= 4 is 5.91 Å². The Morgan fingerprint density at radius 2 is 1.78 bits per heavy atom. The average Bonchev–Trinajstić information content (AvgIpc) is 3.14. The van der Waals surface area contributed by atoms with Crippen molar-refractivity contribution in [1.82, 2.24) is 10.6 Å². The zero-order valence-corrected chi connectivity index (χ0v) is 14.7. The van der Waals surface area contributed by atoms with E-state index in [0.29, 0.717) is 12.0 Å². The van der Waals surface area contributed by atoms with Crippen LogP contribution in [0.15, 0.2) is 48.5 Å². The second-order valence-electron chi connectivity index (χ2n) is 6.57. The van der Waals surface area contributed by atoms with Gasteiger partial charge in [-0.3, -0.25) is 4.79 Å². The fourth-order valence-electron chi connectivity index (χ4n) is 3.10. The summed E-state index contributed by atoms with van der Waals surface area (Å²) in [6.45, 7) is 0.173. The van der Waals surface area contributed by atoms with E-state index in [-0.39, 0.29) is 18.9 Å². The van der Waals surface area contributed by atoms with Gasteiger partial charge >= 0.3 is 0 Å². The van der Waals surface area contributed by atoms with Crippen LogP contribution < -0.4 is 10.6 Å². The van der Waals surface area contributed by atoms with Crippen molar-refractivity contribution in [3.63, 3.8) is 0 Å². The van der Waals surface area contributed by atoms with Crippen LogP contribution in [0.4, 0.5) is 4.39 Å². The van der Waals surface area contributed by atoms with Gasteiger partial charge in [0.2, 0.25) is 5.91 Å². The van der Waals surface area contributed by atoms with Gasteiger partial charge in [0.15, 0.2) is 0 Å². The first kappa shape index (κ1) is 18.6. The Hall–Kier alpha value is -3.22. The molecule has 0 aliphatic carbocycles. The van der Waals surface area contributed by atoms with Gasteiger partial charge in [-0.05, 0) is 28.8 Å². The first-order valence-electron chi connectivity index (χ1n) is 8.76. The van der Waals surface area contributed by atoms with Crippen molar-refractivity contribution in [3.8, 4) is 23.3 Å². The molecule has 0 aromatic heterocycles. The monoisotopic (exact) mass is 362 g/mol. The molecule has 3 atom stereocenters. The van der Waals surface area contributed by atoms with E-state index < -0.39 is 18.3 Å². The molecule has 2 aromatic rings. The van der Waals surface area contributed by atoms with Crippen LogP contribution in [-0.2, 0) is 11.2 Å². The molecule has 136 valence electrons. The third kappa shape index (κ3) is 4.69. The van der Waals surface area contributed by atoms with E-state index in [4.69, 9.17) is 5.26 Å². The summed E-state index contributed by atoms with van der Waals surface area (Å²) >= 11 is 0. The second-order valence-corrected chi connectivity index (χ2v) is 6.57. The van der Waals surface area contributed by atoms with E-state index >= 15 is 0 Å². The summed E-state index contributed by atoms with van der Waals surface area (Å²) in [4.78, 5) is 12.1. The Morgan fingerprint density at radius 1 is 1.15 bits per heavy atom. The predicted molar refractivity (Wildman–Crippen MR) is 99.1 cm³/mol. The Kier molecular flexibility index (Phi) is 5.80. The maximum Gasteiger partial charge on any atom is 0.238 e. The molecule has 0 bridgehead atoms. The van der Waals surface area contributed by atoms with Gasteiger partial charge in [-0.2, -0.15) is 10.5 Å². The van der Waals surface area contributed by atoms with Crippen LogP contribution in [0.25, 0.3) is 11.1 Å². The molecule has 3 rings (SSSR count). The second kappa shape index (κ2) is 8.44. The maximum atomic E-state index is 13.2. The number of nitriles is 2. The normalized spacial score (nSPS) is 19.7. The summed E-state index contributed by atoms with van der Waals surface area (Å²) in [5, 5.41) is 23.7. The van der Waals surface area contributed by atoms with Crippen LogP contribution in [0.2, 0.25) is 0 Å². The van der Waals surface area contributed by atoms with E-state index in [1.807, 2.05) is 36.4 Å². The molecule has 1 saturated heterocycles. The molecular formula is C21H19FN4O. The molecule has 1 aliphatic rings. The van der Waals surface area contributed by atoms with Crippen LogP contribution in [0.3, 0.4) is 0 Å². The summed E-state index contributed by atoms with van der Waals surface area (Å²) in [5.74, 6) is -0.337. The van der Waals surface area contributed by atoms with Crippen molar-refractivity contribution in [2.75, 3.05) is 6.54 Å². The zero-order chi connectivity index (χ0) is 19.2. The van der Waals surface area contributed by atoms with E-state index in [9.17, 15) is 14.4 Å². The first-order valence-corrected chi connectivity index (χ1v) is 8.76. The molecule has 2 N–H and O–H groups in total. The number of carbonyl (C=O) groups is 1. The van der Waals surface area contributed by atoms with Gasteiger partial charge < -0.3 is 10.6 Å². The standard InChI is InChI=1S/C21H19FN4O/c22-18-10-20(25-13-18)21(27)26-19(12-24)9-14-1-5-16(6-2-14)17-7-3-15(11-23)4-8-17/h1-8,18-20,25H,9-10,13H2,(H,26,27). The van der Waals surface area contributed by atoms with Crippen molar-refractivity contribution in [2.24, 2.45) is 0 Å². The van der Waals surface area contributed by atoms with Gasteiger partial charge in [0.1, 0.15) is 12.2 Å². The fraction of sp³-hybridized carbons (Fsp3) is 0.286. The number of hydrogen-bond donors (Lipinski definition) is 2. The molecule has 0 saturated carbocycles. The first-order chi connectivity index (χ1) is 13.1. The smallest absolute Gasteiger partial charge is 0.238 e. The molecular weight excluding hydrogens is 343 g/mol. The molecule has 0 spiro atoms. The Labute approximate surface area is 157 Å². The minimum Gasteiger partial charge on any atom is -0.339 e. The van der Waals surface area contributed by atoms with E-state index in [1.165, 1.54) is 0 Å². The number of hydrogen-bond acceptors (Lipinski definition) is 4. The molecule has 1 amide bonds. The number of rotatable bonds is 5. The highest BCUT2D eigenvalue weighted by atomic mass is 19.1. The third-order valence-corrected chi connectivity index (χ3v) is 4.61. The minimum atomic E-state index is -1.02. The summed E-state index contributed by atoms with van der Waals surface area (Å²) in [6.07, 6.45) is -0.499. The lowest BCUT2D eigenvalue weighted by Crippen LogP contribution is -2.45. The topological polar surface area (TPSA) is 88.7 Å². The van der Waals surface area contributed by atoms with Crippen molar-refractivity contribution in [3.05, 3.63) is 59.7 Å². The molecule has 3 unspecified atom stereocenters. The quantitative estimate of drug-likeness (QED) is 0.855. The van der Waals surface area contributed by atoms with Crippen LogP contribution in [0, 0.1) is 22.7 Å². The number of halogens is 1. The Morgan fingerprint density at radius 3 is 2.30 bits per heavy atom. The van der Waals surface area contributed by atoms with E-state index in [2.05, 4.69) is 22.8 Å². The van der Waals surface area contributed by atoms with Crippen LogP contribution in [0.1, 0.15) is 17.5 Å². The summed E-state index contributed by atoms with van der Waals surface area (Å²) in [6, 6.07) is 18.0. The van der Waals surface area contributed by atoms with Gasteiger partial charge in [0.05, 0.1) is 23.7 Å². The number of carbonyl (C=O) groups excluding carboxylic acids is 1. The lowest BCUT2D eigenvalue weighted by atomic mass is 10.00. The Balaban J connectivity index is 1.61.